The van der Waals surface area contributed by atoms with Crippen molar-refractivity contribution in [2.24, 2.45) is 5.92 Å². The summed E-state index contributed by atoms with van der Waals surface area (Å²) in [6.45, 7) is 2.05. The fraction of sp³-hybridized carbons (Fsp3) is 0.500. The van der Waals surface area contributed by atoms with Gasteiger partial charge in [0.2, 0.25) is 0 Å². The number of halogens is 3. The van der Waals surface area contributed by atoms with Crippen LogP contribution in [-0.4, -0.2) is 37.5 Å². The third-order valence-corrected chi connectivity index (χ3v) is 3.85. The van der Waals surface area contributed by atoms with Gasteiger partial charge in [-0.1, -0.05) is 11.6 Å². The van der Waals surface area contributed by atoms with Crippen LogP contribution < -0.4 is 5.32 Å². The van der Waals surface area contributed by atoms with E-state index in [1.165, 1.54) is 0 Å². The number of likely N-dealkylation sites (tertiary alicyclic amines) is 1. The quantitative estimate of drug-likeness (QED) is 0.871. The van der Waals surface area contributed by atoms with Gasteiger partial charge < -0.3 is 10.2 Å². The second-order valence-corrected chi connectivity index (χ2v) is 5.47. The largest absolute Gasteiger partial charge is 0.338 e. The standard InChI is InChI=1S/C14H17ClF2N2O/c1-18-7-9-3-2-4-19(8-9)14(20)10-5-12(16)13(17)6-11(10)15/h5-6,9,18H,2-4,7-8H2,1H3. The number of benzene rings is 1. The van der Waals surface area contributed by atoms with Gasteiger partial charge in [0, 0.05) is 13.1 Å². The first-order chi connectivity index (χ1) is 9.52. The molecule has 1 heterocycles. The molecule has 0 aliphatic carbocycles. The van der Waals surface area contributed by atoms with Gasteiger partial charge >= 0.3 is 0 Å². The minimum Gasteiger partial charge on any atom is -0.338 e. The van der Waals surface area contributed by atoms with Crippen molar-refractivity contribution >= 4 is 17.5 Å². The second-order valence-electron chi connectivity index (χ2n) is 5.06. The number of carbonyl (C=O) groups is 1. The summed E-state index contributed by atoms with van der Waals surface area (Å²) < 4.78 is 26.3. The molecule has 1 aliphatic rings. The van der Waals surface area contributed by atoms with E-state index in [-0.39, 0.29) is 16.5 Å². The summed E-state index contributed by atoms with van der Waals surface area (Å²) in [6, 6.07) is 1.72. The molecule has 0 saturated carbocycles. The summed E-state index contributed by atoms with van der Waals surface area (Å²) in [4.78, 5) is 14.0. The molecule has 1 saturated heterocycles. The van der Waals surface area contributed by atoms with Crippen molar-refractivity contribution in [3.05, 3.63) is 34.4 Å². The predicted molar refractivity (Wildman–Crippen MR) is 73.9 cm³/mol. The highest BCUT2D eigenvalue weighted by Crippen LogP contribution is 2.24. The van der Waals surface area contributed by atoms with E-state index in [0.717, 1.165) is 31.5 Å². The Hall–Kier alpha value is -1.20. The van der Waals surface area contributed by atoms with Crippen LogP contribution in [-0.2, 0) is 0 Å². The van der Waals surface area contributed by atoms with Gasteiger partial charge in [-0.15, -0.1) is 0 Å². The molecule has 1 fully saturated rings. The molecule has 20 heavy (non-hydrogen) atoms. The lowest BCUT2D eigenvalue weighted by molar-refractivity contribution is 0.0674. The second kappa shape index (κ2) is 6.50. The minimum atomic E-state index is -1.05. The summed E-state index contributed by atoms with van der Waals surface area (Å²) >= 11 is 5.85. The number of piperidine rings is 1. The van der Waals surface area contributed by atoms with Gasteiger partial charge in [-0.2, -0.15) is 0 Å². The van der Waals surface area contributed by atoms with Crippen LogP contribution in [0.4, 0.5) is 8.78 Å². The van der Waals surface area contributed by atoms with E-state index < -0.39 is 11.6 Å². The number of nitrogens with zero attached hydrogens (tertiary/aromatic N) is 1. The van der Waals surface area contributed by atoms with Gasteiger partial charge in [0.05, 0.1) is 10.6 Å². The first-order valence-electron chi connectivity index (χ1n) is 6.61. The Morgan fingerprint density at radius 2 is 2.15 bits per heavy atom. The van der Waals surface area contributed by atoms with Crippen molar-refractivity contribution in [2.45, 2.75) is 12.8 Å². The van der Waals surface area contributed by atoms with Crippen LogP contribution >= 0.6 is 11.6 Å². The fourth-order valence-electron chi connectivity index (χ4n) is 2.56. The molecule has 1 amide bonds. The zero-order valence-corrected chi connectivity index (χ0v) is 12.0. The average molecular weight is 303 g/mol. The molecular formula is C14H17ClF2N2O. The smallest absolute Gasteiger partial charge is 0.255 e. The summed E-state index contributed by atoms with van der Waals surface area (Å²) in [5, 5.41) is 3.04. The van der Waals surface area contributed by atoms with Crippen LogP contribution in [0.15, 0.2) is 12.1 Å². The number of rotatable bonds is 3. The normalized spacial score (nSPS) is 19.2. The zero-order chi connectivity index (χ0) is 14.7. The lowest BCUT2D eigenvalue weighted by atomic mass is 9.97. The Kier molecular flexibility index (Phi) is 4.94. The van der Waals surface area contributed by atoms with Crippen molar-refractivity contribution in [1.29, 1.82) is 0 Å². The monoisotopic (exact) mass is 302 g/mol. The Bertz CT molecular complexity index is 508. The molecule has 1 aromatic rings. The van der Waals surface area contributed by atoms with E-state index in [9.17, 15) is 13.6 Å². The number of hydrogen-bond acceptors (Lipinski definition) is 2. The maximum absolute atomic E-state index is 13.3. The molecule has 110 valence electrons. The van der Waals surface area contributed by atoms with E-state index in [4.69, 9.17) is 11.6 Å². The topological polar surface area (TPSA) is 32.3 Å². The number of amides is 1. The van der Waals surface area contributed by atoms with Crippen LogP contribution in [0.25, 0.3) is 0 Å². The molecule has 1 aromatic carbocycles. The molecule has 2 rings (SSSR count). The first kappa shape index (κ1) is 15.2. The van der Waals surface area contributed by atoms with E-state index in [1.807, 2.05) is 7.05 Å². The molecule has 0 spiro atoms. The van der Waals surface area contributed by atoms with Gasteiger partial charge in [0.1, 0.15) is 0 Å². The Labute approximate surface area is 121 Å². The van der Waals surface area contributed by atoms with Crippen molar-refractivity contribution in [1.82, 2.24) is 10.2 Å². The molecule has 3 nitrogen and oxygen atoms in total. The summed E-state index contributed by atoms with van der Waals surface area (Å²) in [5.74, 6) is -2.06. The van der Waals surface area contributed by atoms with Crippen molar-refractivity contribution in [3.8, 4) is 0 Å². The molecular weight excluding hydrogens is 286 g/mol. The van der Waals surface area contributed by atoms with Gasteiger partial charge in [-0.3, -0.25) is 4.79 Å². The average Bonchev–Trinajstić information content (AvgIpc) is 2.43. The highest BCUT2D eigenvalue weighted by atomic mass is 35.5. The highest BCUT2D eigenvalue weighted by Gasteiger charge is 2.26. The van der Waals surface area contributed by atoms with E-state index >= 15 is 0 Å². The van der Waals surface area contributed by atoms with Gasteiger partial charge in [0.15, 0.2) is 11.6 Å². The van der Waals surface area contributed by atoms with E-state index in [1.54, 1.807) is 4.90 Å². The molecule has 1 unspecified atom stereocenters. The van der Waals surface area contributed by atoms with Crippen LogP contribution in [0.1, 0.15) is 23.2 Å². The summed E-state index contributed by atoms with van der Waals surface area (Å²) in [5.41, 5.74) is 0.0238. The van der Waals surface area contributed by atoms with Gasteiger partial charge in [-0.05, 0) is 44.5 Å². The van der Waals surface area contributed by atoms with Crippen molar-refractivity contribution in [2.75, 3.05) is 26.7 Å². The molecule has 1 aliphatic heterocycles. The fourth-order valence-corrected chi connectivity index (χ4v) is 2.79. The lowest BCUT2D eigenvalue weighted by Gasteiger charge is -2.33. The van der Waals surface area contributed by atoms with Crippen LogP contribution in [0.2, 0.25) is 5.02 Å². The number of nitrogens with one attached hydrogen (secondary N) is 1. The van der Waals surface area contributed by atoms with Crippen molar-refractivity contribution in [3.63, 3.8) is 0 Å². The summed E-state index contributed by atoms with van der Waals surface area (Å²) in [7, 11) is 1.87. The van der Waals surface area contributed by atoms with Crippen LogP contribution in [0.3, 0.4) is 0 Å². The first-order valence-corrected chi connectivity index (χ1v) is 6.99. The number of carbonyl (C=O) groups excluding carboxylic acids is 1. The zero-order valence-electron chi connectivity index (χ0n) is 11.3. The molecule has 0 aromatic heterocycles. The van der Waals surface area contributed by atoms with Crippen LogP contribution in [0.5, 0.6) is 0 Å². The minimum absolute atomic E-state index is 0.0238. The molecule has 1 atom stereocenters. The van der Waals surface area contributed by atoms with Gasteiger partial charge in [-0.25, -0.2) is 8.78 Å². The lowest BCUT2D eigenvalue weighted by Crippen LogP contribution is -2.42. The maximum Gasteiger partial charge on any atom is 0.255 e. The van der Waals surface area contributed by atoms with E-state index in [0.29, 0.717) is 19.0 Å². The predicted octanol–water partition coefficient (Wildman–Crippen LogP) is 2.69. The molecule has 6 heteroatoms. The molecule has 1 N–H and O–H groups in total. The van der Waals surface area contributed by atoms with Gasteiger partial charge in [0.25, 0.3) is 5.91 Å². The Morgan fingerprint density at radius 1 is 1.45 bits per heavy atom. The van der Waals surface area contributed by atoms with Crippen LogP contribution in [0, 0.1) is 17.6 Å². The SMILES string of the molecule is CNCC1CCCN(C(=O)c2cc(F)c(F)cc2Cl)C1. The van der Waals surface area contributed by atoms with Crippen molar-refractivity contribution < 1.29 is 13.6 Å². The highest BCUT2D eigenvalue weighted by molar-refractivity contribution is 6.33. The third-order valence-electron chi connectivity index (χ3n) is 3.54. The van der Waals surface area contributed by atoms with E-state index in [2.05, 4.69) is 5.32 Å². The molecule has 0 bridgehead atoms. The number of hydrogen-bond donors (Lipinski definition) is 1. The molecule has 0 radical (unpaired) electrons. The third kappa shape index (κ3) is 3.27. The Balaban J connectivity index is 2.16. The Morgan fingerprint density at radius 3 is 2.85 bits per heavy atom. The summed E-state index contributed by atoms with van der Waals surface area (Å²) in [6.07, 6.45) is 1.95. The maximum atomic E-state index is 13.3.